The topological polar surface area (TPSA) is 84.5 Å². The van der Waals surface area contributed by atoms with Gasteiger partial charge in [0.05, 0.1) is 12.7 Å². The lowest BCUT2D eigenvalue weighted by molar-refractivity contribution is -0.131. The first kappa shape index (κ1) is 18.1. The van der Waals surface area contributed by atoms with E-state index >= 15 is 0 Å². The van der Waals surface area contributed by atoms with Crippen molar-refractivity contribution in [2.24, 2.45) is 4.99 Å². The molecule has 2 aromatic rings. The Labute approximate surface area is 165 Å². The number of aromatic nitrogens is 3. The lowest BCUT2D eigenvalue weighted by Crippen LogP contribution is -2.46. The van der Waals surface area contributed by atoms with Crippen LogP contribution in [0.15, 0.2) is 39.0 Å². The summed E-state index contributed by atoms with van der Waals surface area (Å²) in [5, 5.41) is 4.07. The molecule has 0 N–H and O–H groups in total. The first-order chi connectivity index (χ1) is 14.1. The molecule has 2 atom stereocenters. The molecule has 0 saturated carbocycles. The van der Waals surface area contributed by atoms with Gasteiger partial charge in [-0.2, -0.15) is 9.37 Å². The Morgan fingerprint density at radius 2 is 2.07 bits per heavy atom. The highest BCUT2D eigenvalue weighted by Crippen LogP contribution is 2.37. The number of pyridine rings is 1. The number of dihydropyridines is 1. The van der Waals surface area contributed by atoms with Gasteiger partial charge in [-0.3, -0.25) is 9.79 Å². The molecule has 2 aromatic heterocycles. The number of amides is 1. The van der Waals surface area contributed by atoms with Crippen LogP contribution in [-0.4, -0.2) is 51.0 Å². The summed E-state index contributed by atoms with van der Waals surface area (Å²) >= 11 is 0. The van der Waals surface area contributed by atoms with Crippen LogP contribution in [0.3, 0.4) is 0 Å². The van der Waals surface area contributed by atoms with E-state index in [0.29, 0.717) is 23.6 Å². The van der Waals surface area contributed by atoms with Gasteiger partial charge >= 0.3 is 0 Å². The average molecular weight is 399 g/mol. The molecule has 5 heterocycles. The fraction of sp³-hybridized carbons (Fsp3) is 0.450. The summed E-state index contributed by atoms with van der Waals surface area (Å²) in [4.78, 5) is 27.2. The van der Waals surface area contributed by atoms with Gasteiger partial charge in [0.15, 0.2) is 11.8 Å². The Morgan fingerprint density at radius 3 is 2.90 bits per heavy atom. The monoisotopic (exact) mass is 399 g/mol. The molecule has 0 spiro atoms. The third-order valence-corrected chi connectivity index (χ3v) is 5.95. The number of hydrogen-bond acceptors (Lipinski definition) is 6. The van der Waals surface area contributed by atoms with Crippen LogP contribution < -0.4 is 0 Å². The summed E-state index contributed by atoms with van der Waals surface area (Å²) < 4.78 is 31.9. The van der Waals surface area contributed by atoms with E-state index in [9.17, 15) is 13.6 Å². The molecule has 3 aliphatic rings. The van der Waals surface area contributed by atoms with E-state index in [-0.39, 0.29) is 42.7 Å². The van der Waals surface area contributed by atoms with E-state index in [1.807, 2.05) is 4.90 Å². The van der Waals surface area contributed by atoms with E-state index in [2.05, 4.69) is 20.1 Å². The molecular formula is C20H19F2N5O2. The molecule has 0 aliphatic carbocycles. The van der Waals surface area contributed by atoms with Crippen LogP contribution in [0.2, 0.25) is 0 Å². The van der Waals surface area contributed by atoms with E-state index in [0.717, 1.165) is 37.5 Å². The number of carbonyl (C=O) groups is 1. The Morgan fingerprint density at radius 1 is 1.17 bits per heavy atom. The van der Waals surface area contributed by atoms with Crippen molar-refractivity contribution >= 4 is 11.9 Å². The zero-order valence-corrected chi connectivity index (χ0v) is 15.6. The van der Waals surface area contributed by atoms with Gasteiger partial charge in [-0.1, -0.05) is 10.7 Å². The van der Waals surface area contributed by atoms with Crippen molar-refractivity contribution in [3.63, 3.8) is 0 Å². The predicted molar refractivity (Wildman–Crippen MR) is 99.3 cm³/mol. The van der Waals surface area contributed by atoms with Gasteiger partial charge in [0, 0.05) is 30.5 Å². The Kier molecular flexibility index (Phi) is 4.44. The van der Waals surface area contributed by atoms with Crippen molar-refractivity contribution in [2.45, 2.75) is 44.1 Å². The second kappa shape index (κ2) is 7.13. The number of rotatable bonds is 2. The molecule has 150 valence electrons. The van der Waals surface area contributed by atoms with Crippen LogP contribution in [0, 0.1) is 5.82 Å². The molecule has 0 aromatic carbocycles. The maximum Gasteiger partial charge on any atom is 0.276 e. The standard InChI is InChI=1S/C20H19F2N5O2/c21-13-3-6-16(23-8-13)19-25-18(26-29-19)12-2-5-14-4-1-11-7-17(22)24-9-15(11)20(28)27(14)10-12/h3,6,8,12,14H,1-2,4-5,7,9-10H2. The Bertz CT molecular complexity index is 1010. The van der Waals surface area contributed by atoms with Gasteiger partial charge in [-0.05, 0) is 37.8 Å². The van der Waals surface area contributed by atoms with Crippen molar-refractivity contribution < 1.29 is 18.1 Å². The summed E-state index contributed by atoms with van der Waals surface area (Å²) in [6, 6.07) is 2.91. The molecule has 3 aliphatic heterocycles. The third-order valence-electron chi connectivity index (χ3n) is 5.95. The van der Waals surface area contributed by atoms with Gasteiger partial charge in [-0.25, -0.2) is 9.37 Å². The number of hydrogen-bond donors (Lipinski definition) is 0. The van der Waals surface area contributed by atoms with Crippen LogP contribution in [-0.2, 0) is 4.79 Å². The lowest BCUT2D eigenvalue weighted by atomic mass is 9.90. The highest BCUT2D eigenvalue weighted by molar-refractivity contribution is 5.98. The quantitative estimate of drug-likeness (QED) is 0.774. The SMILES string of the molecule is O=C1C2=C(CCC3CCC(c4noc(-c5ccc(F)cn5)n4)CN13)CC(F)=NC2. The van der Waals surface area contributed by atoms with Crippen molar-refractivity contribution in [3.05, 3.63) is 41.1 Å². The number of piperidine rings is 1. The number of nitrogens with zero attached hydrogens (tertiary/aromatic N) is 5. The van der Waals surface area contributed by atoms with Crippen molar-refractivity contribution in [2.75, 3.05) is 13.1 Å². The van der Waals surface area contributed by atoms with Crippen LogP contribution >= 0.6 is 0 Å². The van der Waals surface area contributed by atoms with Crippen LogP contribution in [0.25, 0.3) is 11.6 Å². The van der Waals surface area contributed by atoms with E-state index in [1.54, 1.807) is 0 Å². The van der Waals surface area contributed by atoms with E-state index < -0.39 is 5.82 Å². The van der Waals surface area contributed by atoms with Crippen LogP contribution in [0.4, 0.5) is 8.78 Å². The van der Waals surface area contributed by atoms with E-state index in [1.165, 1.54) is 12.1 Å². The molecule has 1 saturated heterocycles. The minimum atomic E-state index is -0.438. The summed E-state index contributed by atoms with van der Waals surface area (Å²) in [7, 11) is 0. The molecular weight excluding hydrogens is 380 g/mol. The first-order valence-electron chi connectivity index (χ1n) is 9.74. The molecule has 7 nitrogen and oxygen atoms in total. The average Bonchev–Trinajstić information content (AvgIpc) is 3.18. The summed E-state index contributed by atoms with van der Waals surface area (Å²) in [5.41, 5.74) is 1.93. The number of fused-ring (bicyclic) bond motifs is 1. The summed E-state index contributed by atoms with van der Waals surface area (Å²) in [6.07, 6.45) is 4.49. The van der Waals surface area contributed by atoms with Crippen molar-refractivity contribution in [3.8, 4) is 11.6 Å². The molecule has 0 bridgehead atoms. The molecule has 1 fully saturated rings. The van der Waals surface area contributed by atoms with Gasteiger partial charge in [0.2, 0.25) is 0 Å². The highest BCUT2D eigenvalue weighted by atomic mass is 19.1. The second-order valence-electron chi connectivity index (χ2n) is 7.70. The van der Waals surface area contributed by atoms with Crippen molar-refractivity contribution in [1.29, 1.82) is 0 Å². The largest absolute Gasteiger partial charge is 0.335 e. The summed E-state index contributed by atoms with van der Waals surface area (Å²) in [5.74, 6) is -0.184. The molecule has 5 rings (SSSR count). The number of aliphatic imine (C=N–C) groups is 1. The minimum Gasteiger partial charge on any atom is -0.335 e. The zero-order chi connectivity index (χ0) is 20.0. The number of halogens is 2. The molecule has 9 heteroatoms. The molecule has 2 unspecified atom stereocenters. The highest BCUT2D eigenvalue weighted by Gasteiger charge is 2.38. The maximum atomic E-state index is 13.6. The normalized spacial score (nSPS) is 24.7. The van der Waals surface area contributed by atoms with Gasteiger partial charge in [0.25, 0.3) is 11.8 Å². The Balaban J connectivity index is 1.36. The smallest absolute Gasteiger partial charge is 0.276 e. The minimum absolute atomic E-state index is 0.0487. The number of carbonyl (C=O) groups excluding carboxylic acids is 1. The second-order valence-corrected chi connectivity index (χ2v) is 7.70. The lowest BCUT2D eigenvalue weighted by Gasteiger charge is -2.38. The predicted octanol–water partition coefficient (Wildman–Crippen LogP) is 3.21. The van der Waals surface area contributed by atoms with Gasteiger partial charge in [-0.15, -0.1) is 0 Å². The fourth-order valence-corrected chi connectivity index (χ4v) is 4.38. The zero-order valence-electron chi connectivity index (χ0n) is 15.6. The van der Waals surface area contributed by atoms with Gasteiger partial charge < -0.3 is 9.42 Å². The third kappa shape index (κ3) is 3.34. The fourth-order valence-electron chi connectivity index (χ4n) is 4.38. The molecule has 1 amide bonds. The van der Waals surface area contributed by atoms with Crippen LogP contribution in [0.1, 0.15) is 43.8 Å². The Hall–Kier alpha value is -2.97. The molecule has 0 radical (unpaired) electrons. The summed E-state index contributed by atoms with van der Waals surface area (Å²) in [6.45, 7) is 0.610. The van der Waals surface area contributed by atoms with Crippen LogP contribution in [0.5, 0.6) is 0 Å². The van der Waals surface area contributed by atoms with Crippen molar-refractivity contribution in [1.82, 2.24) is 20.0 Å². The molecule has 29 heavy (non-hydrogen) atoms. The maximum absolute atomic E-state index is 13.6. The van der Waals surface area contributed by atoms with E-state index in [4.69, 9.17) is 4.52 Å². The first-order valence-corrected chi connectivity index (χ1v) is 9.74. The van der Waals surface area contributed by atoms with Gasteiger partial charge in [0.1, 0.15) is 11.5 Å². The number of allylic oxidation sites excluding steroid dienone is 1.